The highest BCUT2D eigenvalue weighted by atomic mass is 79.9. The molecule has 1 heterocycles. The normalized spacial score (nSPS) is 14.1. The van der Waals surface area contributed by atoms with E-state index in [9.17, 15) is 14.4 Å². The van der Waals surface area contributed by atoms with Gasteiger partial charge in [0, 0.05) is 5.02 Å². The van der Waals surface area contributed by atoms with Crippen LogP contribution in [0.1, 0.15) is 22.3 Å². The van der Waals surface area contributed by atoms with E-state index >= 15 is 0 Å². The fourth-order valence-electron chi connectivity index (χ4n) is 4.35. The number of carbonyl (C=O) groups excluding carboxylic acids is 3. The number of hydrogen-bond acceptors (Lipinski definition) is 6. The Labute approximate surface area is 261 Å². The summed E-state index contributed by atoms with van der Waals surface area (Å²) in [6.07, 6.45) is 1.39. The maximum Gasteiger partial charge on any atom is 0.335 e. The molecular formula is C33H26BrClN2O6. The van der Waals surface area contributed by atoms with Crippen LogP contribution in [-0.2, 0) is 22.8 Å². The fourth-order valence-corrected chi connectivity index (χ4v) is 5.13. The van der Waals surface area contributed by atoms with Crippen LogP contribution in [0.15, 0.2) is 95.0 Å². The number of halogens is 2. The first-order chi connectivity index (χ1) is 20.7. The third-order valence-corrected chi connectivity index (χ3v) is 7.38. The first-order valence-electron chi connectivity index (χ1n) is 13.2. The van der Waals surface area contributed by atoms with Gasteiger partial charge in [0.25, 0.3) is 11.8 Å². The second-order valence-electron chi connectivity index (χ2n) is 9.68. The number of nitrogens with one attached hydrogen (secondary N) is 1. The summed E-state index contributed by atoms with van der Waals surface area (Å²) in [5.41, 5.74) is 3.58. The Hall–Kier alpha value is -4.60. The minimum absolute atomic E-state index is 0.221. The number of rotatable bonds is 9. The highest BCUT2D eigenvalue weighted by Gasteiger charge is 2.37. The Kier molecular flexibility index (Phi) is 9.13. The number of carbonyl (C=O) groups is 3. The molecule has 0 unspecified atom stereocenters. The summed E-state index contributed by atoms with van der Waals surface area (Å²) in [6.45, 7) is 2.62. The van der Waals surface area contributed by atoms with Gasteiger partial charge in [-0.15, -0.1) is 0 Å². The predicted molar refractivity (Wildman–Crippen MR) is 167 cm³/mol. The molecule has 0 aliphatic carbocycles. The van der Waals surface area contributed by atoms with E-state index in [1.807, 2.05) is 43.3 Å². The highest BCUT2D eigenvalue weighted by Crippen LogP contribution is 2.38. The van der Waals surface area contributed by atoms with Gasteiger partial charge in [-0.3, -0.25) is 14.9 Å². The van der Waals surface area contributed by atoms with Crippen LogP contribution < -0.4 is 24.4 Å². The minimum atomic E-state index is -0.844. The number of benzene rings is 4. The molecule has 1 aliphatic heterocycles. The molecule has 0 saturated carbocycles. The largest absolute Gasteiger partial charge is 0.493 e. The van der Waals surface area contributed by atoms with Gasteiger partial charge in [-0.1, -0.05) is 53.6 Å². The van der Waals surface area contributed by atoms with E-state index in [0.29, 0.717) is 38.9 Å². The molecule has 10 heteroatoms. The van der Waals surface area contributed by atoms with Crippen molar-refractivity contribution in [1.82, 2.24) is 5.32 Å². The van der Waals surface area contributed by atoms with Crippen molar-refractivity contribution >= 4 is 57.1 Å². The van der Waals surface area contributed by atoms with E-state index in [1.165, 1.54) is 13.2 Å². The second kappa shape index (κ2) is 13.1. The molecule has 0 atom stereocenters. The van der Waals surface area contributed by atoms with Gasteiger partial charge in [-0.2, -0.15) is 0 Å². The van der Waals surface area contributed by atoms with Gasteiger partial charge < -0.3 is 14.2 Å². The number of nitrogens with zero attached hydrogens (tertiary/aromatic N) is 1. The molecule has 1 N–H and O–H groups in total. The maximum absolute atomic E-state index is 13.4. The fraction of sp³-hybridized carbons (Fsp3) is 0.121. The van der Waals surface area contributed by atoms with Crippen molar-refractivity contribution < 1.29 is 28.6 Å². The van der Waals surface area contributed by atoms with Crippen LogP contribution >= 0.6 is 27.5 Å². The van der Waals surface area contributed by atoms with Gasteiger partial charge in [0.1, 0.15) is 24.5 Å². The number of imide groups is 2. The van der Waals surface area contributed by atoms with E-state index in [2.05, 4.69) is 21.2 Å². The summed E-state index contributed by atoms with van der Waals surface area (Å²) in [6, 6.07) is 24.2. The van der Waals surface area contributed by atoms with Gasteiger partial charge in [0.2, 0.25) is 0 Å². The van der Waals surface area contributed by atoms with Crippen LogP contribution in [0.2, 0.25) is 5.02 Å². The number of amides is 4. The van der Waals surface area contributed by atoms with E-state index in [0.717, 1.165) is 21.6 Å². The zero-order chi connectivity index (χ0) is 30.5. The summed E-state index contributed by atoms with van der Waals surface area (Å²) in [7, 11) is 1.48. The average Bonchev–Trinajstić information content (AvgIpc) is 2.99. The Balaban J connectivity index is 1.34. The predicted octanol–water partition coefficient (Wildman–Crippen LogP) is 7.24. The zero-order valence-electron chi connectivity index (χ0n) is 23.2. The molecule has 8 nitrogen and oxygen atoms in total. The molecule has 4 aromatic carbocycles. The van der Waals surface area contributed by atoms with Gasteiger partial charge in [0.15, 0.2) is 11.5 Å². The summed E-state index contributed by atoms with van der Waals surface area (Å²) < 4.78 is 17.9. The lowest BCUT2D eigenvalue weighted by Gasteiger charge is -2.26. The third kappa shape index (κ3) is 7.07. The molecule has 1 saturated heterocycles. The Bertz CT molecular complexity index is 1720. The molecule has 0 spiro atoms. The molecule has 0 radical (unpaired) electrons. The summed E-state index contributed by atoms with van der Waals surface area (Å²) in [5.74, 6) is -0.193. The summed E-state index contributed by atoms with van der Waals surface area (Å²) >= 11 is 9.57. The molecule has 5 rings (SSSR count). The molecule has 43 heavy (non-hydrogen) atoms. The number of hydrogen-bond donors (Lipinski definition) is 1. The molecule has 4 aromatic rings. The summed E-state index contributed by atoms with van der Waals surface area (Å²) in [5, 5.41) is 2.84. The van der Waals surface area contributed by atoms with Crippen molar-refractivity contribution in [3.8, 4) is 17.2 Å². The van der Waals surface area contributed by atoms with Gasteiger partial charge in [0.05, 0.1) is 17.3 Å². The lowest BCUT2D eigenvalue weighted by atomic mass is 10.1. The molecule has 0 bridgehead atoms. The first kappa shape index (κ1) is 29.9. The zero-order valence-corrected chi connectivity index (χ0v) is 25.6. The topological polar surface area (TPSA) is 94.2 Å². The number of methoxy groups -OCH3 is 1. The molecule has 4 amide bonds. The quantitative estimate of drug-likeness (QED) is 0.150. The monoisotopic (exact) mass is 660 g/mol. The molecule has 0 aromatic heterocycles. The molecule has 218 valence electrons. The van der Waals surface area contributed by atoms with Crippen LogP contribution in [0.3, 0.4) is 0 Å². The van der Waals surface area contributed by atoms with E-state index < -0.39 is 17.8 Å². The Morgan fingerprint density at radius 1 is 0.884 bits per heavy atom. The third-order valence-electron chi connectivity index (χ3n) is 6.56. The van der Waals surface area contributed by atoms with Crippen molar-refractivity contribution in [2.45, 2.75) is 20.1 Å². The smallest absolute Gasteiger partial charge is 0.335 e. The molecule has 1 fully saturated rings. The number of urea groups is 1. The number of barbiturate groups is 1. The van der Waals surface area contributed by atoms with Gasteiger partial charge in [-0.05, 0) is 94.2 Å². The van der Waals surface area contributed by atoms with Crippen LogP contribution in [0.5, 0.6) is 17.2 Å². The second-order valence-corrected chi connectivity index (χ2v) is 11.0. The van der Waals surface area contributed by atoms with Crippen LogP contribution in [0, 0.1) is 6.92 Å². The minimum Gasteiger partial charge on any atom is -0.493 e. The van der Waals surface area contributed by atoms with Crippen molar-refractivity contribution in [2.24, 2.45) is 0 Å². The van der Waals surface area contributed by atoms with E-state index in [1.54, 1.807) is 48.5 Å². The van der Waals surface area contributed by atoms with Gasteiger partial charge >= 0.3 is 6.03 Å². The SMILES string of the molecule is COc1cc(/C=C2\C(=O)NC(=O)N(c3ccc(OCc4ccc(C)cc4)cc3)C2=O)cc(Br)c1OCc1cccc(Cl)c1. The Morgan fingerprint density at radius 2 is 1.60 bits per heavy atom. The highest BCUT2D eigenvalue weighted by molar-refractivity contribution is 9.10. The number of anilines is 1. The van der Waals surface area contributed by atoms with Crippen molar-refractivity contribution in [3.05, 3.63) is 122 Å². The first-order valence-corrected chi connectivity index (χ1v) is 14.3. The molecular weight excluding hydrogens is 636 g/mol. The number of aryl methyl sites for hydroxylation is 1. The lowest BCUT2D eigenvalue weighted by molar-refractivity contribution is -0.122. The Morgan fingerprint density at radius 3 is 2.30 bits per heavy atom. The van der Waals surface area contributed by atoms with Crippen LogP contribution in [0.4, 0.5) is 10.5 Å². The maximum atomic E-state index is 13.4. The summed E-state index contributed by atoms with van der Waals surface area (Å²) in [4.78, 5) is 39.8. The van der Waals surface area contributed by atoms with Crippen molar-refractivity contribution in [1.29, 1.82) is 0 Å². The average molecular weight is 662 g/mol. The van der Waals surface area contributed by atoms with Crippen molar-refractivity contribution in [3.63, 3.8) is 0 Å². The van der Waals surface area contributed by atoms with Crippen molar-refractivity contribution in [2.75, 3.05) is 12.0 Å². The van der Waals surface area contributed by atoms with Crippen LogP contribution in [0.25, 0.3) is 6.08 Å². The van der Waals surface area contributed by atoms with E-state index in [4.69, 9.17) is 25.8 Å². The van der Waals surface area contributed by atoms with Crippen LogP contribution in [-0.4, -0.2) is 25.0 Å². The lowest BCUT2D eigenvalue weighted by Crippen LogP contribution is -2.54. The standard InChI is InChI=1S/C33H26BrClN2O6/c1-20-6-8-21(9-7-20)18-42-26-12-10-25(11-13-26)37-32(39)27(31(38)36-33(37)40)15-23-16-28(34)30(29(17-23)41-2)43-19-22-4-3-5-24(35)14-22/h3-17H,18-19H2,1-2H3,(H,36,38,40)/b27-15+. The number of ether oxygens (including phenoxy) is 3. The van der Waals surface area contributed by atoms with Gasteiger partial charge in [-0.25, -0.2) is 9.69 Å². The molecule has 1 aliphatic rings. The van der Waals surface area contributed by atoms with E-state index in [-0.39, 0.29) is 17.9 Å².